The summed E-state index contributed by atoms with van der Waals surface area (Å²) in [6, 6.07) is 15.4. The number of fused-ring (bicyclic) bond motifs is 3. The largest absolute Gasteiger partial charge is 0.480 e. The van der Waals surface area contributed by atoms with Gasteiger partial charge in [0.05, 0.1) is 26.9 Å². The number of nitro groups is 1. The van der Waals surface area contributed by atoms with Gasteiger partial charge >= 0.3 is 11.9 Å². The fourth-order valence-corrected chi connectivity index (χ4v) is 8.05. The number of para-hydroxylation sites is 2. The van der Waals surface area contributed by atoms with Gasteiger partial charge in [0, 0.05) is 81.3 Å². The van der Waals surface area contributed by atoms with E-state index in [2.05, 4.69) is 95.2 Å². The highest BCUT2D eigenvalue weighted by Crippen LogP contribution is 2.38. The molecule has 51 heavy (non-hydrogen) atoms. The van der Waals surface area contributed by atoms with Gasteiger partial charge in [-0.05, 0) is 104 Å². The number of nitro benzene ring substituents is 1. The summed E-state index contributed by atoms with van der Waals surface area (Å²) in [4.78, 5) is 32.6. The third kappa shape index (κ3) is 8.07. The number of carbonyl (C=O) groups is 2. The first-order valence-electron chi connectivity index (χ1n) is 15.7. The van der Waals surface area contributed by atoms with E-state index in [1.54, 1.807) is 24.6 Å². The van der Waals surface area contributed by atoms with E-state index in [-0.39, 0.29) is 12.1 Å². The van der Waals surface area contributed by atoms with E-state index >= 15 is 0 Å². The molecule has 3 aromatic heterocycles. The lowest BCUT2D eigenvalue weighted by molar-refractivity contribution is -0.383. The standard InChI is InChI=1S/C13H14BrN3O4.C13H15BrN2O2.C10H10BrN/c1-6-7(5-9(15)13(18)19)11-10(17(20)21)4-3-8(14)12(11)16(6)2;1-7-9(6-11(15)13(17)18)8-4-3-5-10(14)12(8)16(7)2;1-7-6-8-4-3-5-9(11)10(8)12(7)2/h3-4,9H,5,15H2,1-2H3,(H,18,19);3-5,11H,6,15H2,1-2H3,(H,17,18);3-6H,1-2H3. The van der Waals surface area contributed by atoms with E-state index < -0.39 is 28.9 Å². The number of aliphatic carboxylic acids is 2. The zero-order valence-electron chi connectivity index (χ0n) is 28.9. The van der Waals surface area contributed by atoms with Crippen LogP contribution in [0.2, 0.25) is 0 Å². The normalized spacial score (nSPS) is 12.3. The second-order valence-corrected chi connectivity index (χ2v) is 14.8. The van der Waals surface area contributed by atoms with Gasteiger partial charge in [0.15, 0.2) is 0 Å². The predicted molar refractivity (Wildman–Crippen MR) is 211 cm³/mol. The first kappa shape index (κ1) is 39.8. The lowest BCUT2D eigenvalue weighted by Gasteiger charge is -2.07. The van der Waals surface area contributed by atoms with Gasteiger partial charge in [-0.25, -0.2) is 0 Å². The number of aromatic nitrogens is 3. The minimum atomic E-state index is -1.14. The number of hydrogen-bond acceptors (Lipinski definition) is 6. The van der Waals surface area contributed by atoms with Crippen molar-refractivity contribution in [3.05, 3.63) is 106 Å². The van der Waals surface area contributed by atoms with Crippen LogP contribution in [0.3, 0.4) is 0 Å². The molecule has 0 aliphatic rings. The molecule has 3 aromatic carbocycles. The predicted octanol–water partition coefficient (Wildman–Crippen LogP) is 7.56. The zero-order chi connectivity index (χ0) is 38.1. The molecule has 0 bridgehead atoms. The highest BCUT2D eigenvalue weighted by molar-refractivity contribution is 9.11. The number of nitrogens with two attached hydrogens (primary N) is 2. The Labute approximate surface area is 319 Å². The maximum absolute atomic E-state index is 11.3. The quantitative estimate of drug-likeness (QED) is 0.0935. The summed E-state index contributed by atoms with van der Waals surface area (Å²) in [6.07, 6.45) is 0.380. The fourth-order valence-electron chi connectivity index (χ4n) is 6.17. The lowest BCUT2D eigenvalue weighted by atomic mass is 10.0. The van der Waals surface area contributed by atoms with Crippen LogP contribution in [0.5, 0.6) is 0 Å². The van der Waals surface area contributed by atoms with Crippen molar-refractivity contribution in [2.45, 2.75) is 45.7 Å². The first-order chi connectivity index (χ1) is 23.9. The van der Waals surface area contributed by atoms with Crippen LogP contribution in [0.25, 0.3) is 32.7 Å². The number of benzene rings is 3. The average molecular weight is 891 g/mol. The molecule has 0 saturated carbocycles. The monoisotopic (exact) mass is 888 g/mol. The molecular weight excluding hydrogens is 852 g/mol. The van der Waals surface area contributed by atoms with Crippen molar-refractivity contribution in [3.8, 4) is 0 Å². The number of carboxylic acids is 2. The molecule has 2 atom stereocenters. The van der Waals surface area contributed by atoms with Crippen molar-refractivity contribution >= 4 is 98.1 Å². The summed E-state index contributed by atoms with van der Waals surface area (Å²) in [7, 11) is 5.84. The Kier molecular flexibility index (Phi) is 12.6. The van der Waals surface area contributed by atoms with Crippen molar-refractivity contribution in [1.82, 2.24) is 13.7 Å². The number of nitrogens with zero attached hydrogens (tertiary/aromatic N) is 4. The van der Waals surface area contributed by atoms with E-state index in [4.69, 9.17) is 21.7 Å². The molecule has 6 aromatic rings. The molecule has 6 rings (SSSR count). The summed E-state index contributed by atoms with van der Waals surface area (Å²) < 4.78 is 8.93. The third-order valence-electron chi connectivity index (χ3n) is 9.20. The Balaban J connectivity index is 0.000000177. The molecule has 2 unspecified atom stereocenters. The molecule has 12 nitrogen and oxygen atoms in total. The van der Waals surface area contributed by atoms with E-state index in [1.807, 2.05) is 32.2 Å². The number of carboxylic acid groups (broad SMARTS) is 2. The van der Waals surface area contributed by atoms with E-state index in [0.717, 1.165) is 36.8 Å². The smallest absolute Gasteiger partial charge is 0.320 e. The van der Waals surface area contributed by atoms with Gasteiger partial charge in [-0.2, -0.15) is 0 Å². The maximum Gasteiger partial charge on any atom is 0.320 e. The molecule has 0 fully saturated rings. The number of hydrogen-bond donors (Lipinski definition) is 4. The number of non-ortho nitro benzene ring substituents is 1. The van der Waals surface area contributed by atoms with Gasteiger partial charge in [0.1, 0.15) is 12.1 Å². The van der Waals surface area contributed by atoms with Crippen molar-refractivity contribution in [2.75, 3.05) is 0 Å². The molecule has 3 heterocycles. The fraction of sp³-hybridized carbons (Fsp3) is 0.278. The van der Waals surface area contributed by atoms with Crippen molar-refractivity contribution in [3.63, 3.8) is 0 Å². The Morgan fingerprint density at radius 1 is 0.745 bits per heavy atom. The van der Waals surface area contributed by atoms with Crippen molar-refractivity contribution in [1.29, 1.82) is 0 Å². The van der Waals surface area contributed by atoms with Crippen LogP contribution in [0, 0.1) is 30.9 Å². The molecule has 0 radical (unpaired) electrons. The van der Waals surface area contributed by atoms with Crippen molar-refractivity contribution in [2.24, 2.45) is 32.6 Å². The van der Waals surface area contributed by atoms with Gasteiger partial charge in [0.25, 0.3) is 5.69 Å². The Bertz CT molecular complexity index is 2310. The van der Waals surface area contributed by atoms with Gasteiger partial charge in [-0.1, -0.05) is 24.3 Å². The van der Waals surface area contributed by atoms with Gasteiger partial charge in [-0.15, -0.1) is 0 Å². The Morgan fingerprint density at radius 2 is 1.24 bits per heavy atom. The molecule has 6 N–H and O–H groups in total. The van der Waals surface area contributed by atoms with Crippen LogP contribution in [-0.2, 0) is 43.6 Å². The van der Waals surface area contributed by atoms with Crippen LogP contribution in [-0.4, -0.2) is 52.9 Å². The molecule has 270 valence electrons. The number of rotatable bonds is 7. The molecule has 0 aliphatic heterocycles. The van der Waals surface area contributed by atoms with Crippen LogP contribution in [0.1, 0.15) is 28.2 Å². The Morgan fingerprint density at radius 3 is 1.78 bits per heavy atom. The van der Waals surface area contributed by atoms with Crippen LogP contribution >= 0.6 is 47.8 Å². The summed E-state index contributed by atoms with van der Waals surface area (Å²) in [5.74, 6) is -2.11. The van der Waals surface area contributed by atoms with Crippen LogP contribution in [0.15, 0.2) is 68.0 Å². The Hall–Kier alpha value is -4.02. The average Bonchev–Trinajstić information content (AvgIpc) is 3.60. The second kappa shape index (κ2) is 16.1. The maximum atomic E-state index is 11.3. The van der Waals surface area contributed by atoms with Crippen molar-refractivity contribution < 1.29 is 24.7 Å². The molecule has 0 amide bonds. The topological polar surface area (TPSA) is 185 Å². The minimum absolute atomic E-state index is 0.0375. The summed E-state index contributed by atoms with van der Waals surface area (Å²) in [6.45, 7) is 5.89. The van der Waals surface area contributed by atoms with Gasteiger partial charge < -0.3 is 35.4 Å². The van der Waals surface area contributed by atoms with Crippen LogP contribution in [0.4, 0.5) is 5.69 Å². The van der Waals surface area contributed by atoms with Crippen LogP contribution < -0.4 is 11.5 Å². The summed E-state index contributed by atoms with van der Waals surface area (Å²) in [5.41, 5.74) is 18.9. The number of halogens is 3. The number of aryl methyl sites for hydroxylation is 4. The van der Waals surface area contributed by atoms with Gasteiger partial charge in [-0.3, -0.25) is 19.7 Å². The zero-order valence-corrected chi connectivity index (χ0v) is 33.6. The third-order valence-corrected chi connectivity index (χ3v) is 11.1. The SMILES string of the molecule is Cc1c(CC(N)C(=O)O)c2c([N+](=O)[O-])ccc(Br)c2n1C.Cc1c(CC(N)C(=O)O)c2cccc(Br)c2n1C.Cc1cc2cccc(Br)c2n1C. The first-order valence-corrected chi connectivity index (χ1v) is 18.1. The molecular formula is C36H39Br3N6O6. The van der Waals surface area contributed by atoms with E-state index in [9.17, 15) is 19.7 Å². The highest BCUT2D eigenvalue weighted by Gasteiger charge is 2.26. The highest BCUT2D eigenvalue weighted by atomic mass is 79.9. The molecule has 0 aliphatic carbocycles. The van der Waals surface area contributed by atoms with E-state index in [1.165, 1.54) is 22.7 Å². The summed E-state index contributed by atoms with van der Waals surface area (Å²) >= 11 is 10.4. The molecule has 0 spiro atoms. The second-order valence-electron chi connectivity index (χ2n) is 12.2. The lowest BCUT2D eigenvalue weighted by Crippen LogP contribution is -2.32. The van der Waals surface area contributed by atoms with Gasteiger partial charge in [0.2, 0.25) is 0 Å². The van der Waals surface area contributed by atoms with E-state index in [0.29, 0.717) is 27.4 Å². The molecule has 0 saturated heterocycles. The minimum Gasteiger partial charge on any atom is -0.480 e. The summed E-state index contributed by atoms with van der Waals surface area (Å²) in [5, 5.41) is 31.9. The molecule has 15 heteroatoms.